The summed E-state index contributed by atoms with van der Waals surface area (Å²) in [4.78, 5) is 16.9. The van der Waals surface area contributed by atoms with E-state index in [9.17, 15) is 4.39 Å². The maximum atomic E-state index is 13.5. The maximum absolute atomic E-state index is 13.5. The number of fused-ring (bicyclic) bond motifs is 2. The number of benzene rings is 3. The fourth-order valence-electron chi connectivity index (χ4n) is 4.66. The van der Waals surface area contributed by atoms with Crippen LogP contribution in [0.5, 0.6) is 5.75 Å². The molecule has 0 amide bonds. The molecule has 3 aromatic carbocycles. The zero-order valence-electron chi connectivity index (χ0n) is 20.6. The third-order valence-electron chi connectivity index (χ3n) is 6.63. The molecule has 0 unspecified atom stereocenters. The van der Waals surface area contributed by atoms with Gasteiger partial charge in [-0.05, 0) is 53.1 Å². The smallest absolute Gasteiger partial charge is 0.178 e. The van der Waals surface area contributed by atoms with Crippen molar-refractivity contribution in [3.05, 3.63) is 115 Å². The first-order valence-electron chi connectivity index (χ1n) is 12.4. The Balaban J connectivity index is 1.24. The molecule has 0 bridgehead atoms. The highest BCUT2D eigenvalue weighted by atomic mass is 19.1. The lowest BCUT2D eigenvalue weighted by Gasteiger charge is -2.08. The molecule has 0 spiro atoms. The number of nitrogens with zero attached hydrogens (tertiary/aromatic N) is 4. The summed E-state index contributed by atoms with van der Waals surface area (Å²) in [7, 11) is 0. The van der Waals surface area contributed by atoms with E-state index < -0.39 is 0 Å². The third-order valence-corrected chi connectivity index (χ3v) is 6.63. The van der Waals surface area contributed by atoms with Gasteiger partial charge in [-0.25, -0.2) is 14.4 Å². The normalized spacial score (nSPS) is 11.3. The standard InChI is InChI=1S/C31H21FN6O/c32-23-9-6-20(7-10-23)25-12-13-34-30-28(25)35-31(36-30)29-26-15-21(8-11-27(26)37-38-29)22-14-24(17-33-16-22)39-18-19-4-2-1-3-5-19/h1-17H,18H2,(H,37,38)(H,34,35,36). The van der Waals surface area contributed by atoms with Crippen molar-refractivity contribution in [3.8, 4) is 39.5 Å². The maximum Gasteiger partial charge on any atom is 0.178 e. The number of hydrogen-bond donors (Lipinski definition) is 2. The van der Waals surface area contributed by atoms with Crippen molar-refractivity contribution in [2.75, 3.05) is 0 Å². The molecule has 7 rings (SSSR count). The monoisotopic (exact) mass is 512 g/mol. The minimum absolute atomic E-state index is 0.281. The predicted molar refractivity (Wildman–Crippen MR) is 148 cm³/mol. The fraction of sp³-hybridized carbons (Fsp3) is 0.0323. The van der Waals surface area contributed by atoms with E-state index in [2.05, 4.69) is 31.2 Å². The molecule has 8 heteroatoms. The molecule has 0 fully saturated rings. The van der Waals surface area contributed by atoms with E-state index in [1.807, 2.05) is 60.8 Å². The minimum atomic E-state index is -0.281. The SMILES string of the molecule is Fc1ccc(-c2ccnc3nc(-c4n[nH]c5ccc(-c6cncc(OCc7ccccc7)c6)cc45)[nH]c23)cc1. The second-order valence-corrected chi connectivity index (χ2v) is 9.17. The van der Waals surface area contributed by atoms with E-state index in [1.54, 1.807) is 24.5 Å². The molecule has 0 aliphatic carbocycles. The zero-order valence-corrected chi connectivity index (χ0v) is 20.6. The molecule has 0 saturated heterocycles. The van der Waals surface area contributed by atoms with Crippen LogP contribution in [0.2, 0.25) is 0 Å². The molecule has 39 heavy (non-hydrogen) atoms. The molecule has 0 atom stereocenters. The van der Waals surface area contributed by atoms with Crippen molar-refractivity contribution >= 4 is 22.1 Å². The number of pyridine rings is 2. The summed E-state index contributed by atoms with van der Waals surface area (Å²) in [6, 6.07) is 26.3. The van der Waals surface area contributed by atoms with Gasteiger partial charge in [-0.1, -0.05) is 48.5 Å². The molecule has 4 aromatic heterocycles. The van der Waals surface area contributed by atoms with Crippen molar-refractivity contribution in [2.45, 2.75) is 6.61 Å². The summed E-state index contributed by atoms with van der Waals surface area (Å²) in [5, 5.41) is 8.56. The number of nitrogens with one attached hydrogen (secondary N) is 2. The van der Waals surface area contributed by atoms with Crippen LogP contribution in [0.25, 0.3) is 55.8 Å². The van der Waals surface area contributed by atoms with Crippen molar-refractivity contribution in [3.63, 3.8) is 0 Å². The van der Waals surface area contributed by atoms with Crippen LogP contribution in [0.4, 0.5) is 4.39 Å². The molecule has 188 valence electrons. The molecule has 7 nitrogen and oxygen atoms in total. The molecular formula is C31H21FN6O. The Morgan fingerprint density at radius 2 is 1.67 bits per heavy atom. The molecular weight excluding hydrogens is 491 g/mol. The summed E-state index contributed by atoms with van der Waals surface area (Å²) in [6.45, 7) is 0.469. The number of ether oxygens (including phenoxy) is 1. The van der Waals surface area contributed by atoms with E-state index in [1.165, 1.54) is 12.1 Å². The lowest BCUT2D eigenvalue weighted by molar-refractivity contribution is 0.305. The Morgan fingerprint density at radius 3 is 2.54 bits per heavy atom. The van der Waals surface area contributed by atoms with Gasteiger partial charge in [-0.15, -0.1) is 0 Å². The summed E-state index contributed by atoms with van der Waals surface area (Å²) < 4.78 is 19.5. The Labute approximate surface area is 222 Å². The lowest BCUT2D eigenvalue weighted by Crippen LogP contribution is -1.95. The van der Waals surface area contributed by atoms with Crippen molar-refractivity contribution in [2.24, 2.45) is 0 Å². The van der Waals surface area contributed by atoms with E-state index in [4.69, 9.17) is 9.72 Å². The molecule has 0 aliphatic heterocycles. The Morgan fingerprint density at radius 1 is 0.821 bits per heavy atom. The summed E-state index contributed by atoms with van der Waals surface area (Å²) in [5.74, 6) is 1.01. The van der Waals surface area contributed by atoms with Crippen LogP contribution in [0.3, 0.4) is 0 Å². The minimum Gasteiger partial charge on any atom is -0.487 e. The van der Waals surface area contributed by atoms with Crippen molar-refractivity contribution in [1.82, 2.24) is 30.1 Å². The van der Waals surface area contributed by atoms with E-state index in [-0.39, 0.29) is 5.82 Å². The van der Waals surface area contributed by atoms with E-state index in [0.717, 1.165) is 44.2 Å². The second-order valence-electron chi connectivity index (χ2n) is 9.17. The number of aromatic nitrogens is 6. The second kappa shape index (κ2) is 9.50. The van der Waals surface area contributed by atoms with Crippen LogP contribution in [-0.4, -0.2) is 30.1 Å². The first-order valence-corrected chi connectivity index (χ1v) is 12.4. The Kier molecular flexibility index (Phi) is 5.55. The van der Waals surface area contributed by atoms with Crippen LogP contribution in [-0.2, 0) is 6.61 Å². The summed E-state index contributed by atoms with van der Waals surface area (Å²) in [5.41, 5.74) is 7.64. The van der Waals surface area contributed by atoms with Crippen LogP contribution >= 0.6 is 0 Å². The van der Waals surface area contributed by atoms with Crippen LogP contribution < -0.4 is 4.74 Å². The average molecular weight is 513 g/mol. The van der Waals surface area contributed by atoms with Crippen LogP contribution in [0.15, 0.2) is 104 Å². The third kappa shape index (κ3) is 4.38. The molecule has 0 aliphatic rings. The molecule has 0 saturated carbocycles. The Hall–Kier alpha value is -5.37. The molecule has 2 N–H and O–H groups in total. The van der Waals surface area contributed by atoms with Crippen LogP contribution in [0, 0.1) is 5.82 Å². The Bertz CT molecular complexity index is 1930. The number of halogens is 1. The highest BCUT2D eigenvalue weighted by molar-refractivity contribution is 5.97. The number of aromatic amines is 2. The van der Waals surface area contributed by atoms with Gasteiger partial charge < -0.3 is 9.72 Å². The quantitative estimate of drug-likeness (QED) is 0.252. The van der Waals surface area contributed by atoms with Gasteiger partial charge in [0.05, 0.1) is 17.2 Å². The van der Waals surface area contributed by atoms with Crippen molar-refractivity contribution < 1.29 is 9.13 Å². The number of imidazole rings is 1. The highest BCUT2D eigenvalue weighted by Gasteiger charge is 2.16. The first kappa shape index (κ1) is 22.8. The van der Waals surface area contributed by atoms with Gasteiger partial charge in [0.25, 0.3) is 0 Å². The van der Waals surface area contributed by atoms with Gasteiger partial charge in [-0.2, -0.15) is 5.10 Å². The van der Waals surface area contributed by atoms with Gasteiger partial charge >= 0.3 is 0 Å². The van der Waals surface area contributed by atoms with E-state index >= 15 is 0 Å². The topological polar surface area (TPSA) is 92.4 Å². The average Bonchev–Trinajstić information content (AvgIpc) is 3.61. The van der Waals surface area contributed by atoms with Gasteiger partial charge in [0.1, 0.15) is 23.9 Å². The number of hydrogen-bond acceptors (Lipinski definition) is 5. The van der Waals surface area contributed by atoms with Gasteiger partial charge in [0.15, 0.2) is 11.5 Å². The zero-order chi connectivity index (χ0) is 26.2. The lowest BCUT2D eigenvalue weighted by atomic mass is 10.0. The van der Waals surface area contributed by atoms with Crippen LogP contribution in [0.1, 0.15) is 5.56 Å². The summed E-state index contributed by atoms with van der Waals surface area (Å²) >= 11 is 0. The largest absolute Gasteiger partial charge is 0.487 e. The number of H-pyrrole nitrogens is 2. The van der Waals surface area contributed by atoms with E-state index in [0.29, 0.717) is 29.5 Å². The predicted octanol–water partition coefficient (Wildman–Crippen LogP) is 6.95. The van der Waals surface area contributed by atoms with Gasteiger partial charge in [0, 0.05) is 28.9 Å². The summed E-state index contributed by atoms with van der Waals surface area (Å²) in [6.07, 6.45) is 5.23. The van der Waals surface area contributed by atoms with Gasteiger partial charge in [-0.3, -0.25) is 10.1 Å². The van der Waals surface area contributed by atoms with Gasteiger partial charge in [0.2, 0.25) is 0 Å². The molecule has 0 radical (unpaired) electrons. The highest BCUT2D eigenvalue weighted by Crippen LogP contribution is 2.33. The van der Waals surface area contributed by atoms with Crippen molar-refractivity contribution in [1.29, 1.82) is 0 Å². The number of rotatable bonds is 6. The molecule has 4 heterocycles. The fourth-order valence-corrected chi connectivity index (χ4v) is 4.66. The first-order chi connectivity index (χ1) is 19.2. The molecule has 7 aromatic rings.